The summed E-state index contributed by atoms with van der Waals surface area (Å²) < 4.78 is 27.0. The molecule has 0 radical (unpaired) electrons. The summed E-state index contributed by atoms with van der Waals surface area (Å²) in [4.78, 5) is 1.16. The zero-order valence-electron chi connectivity index (χ0n) is 11.4. The largest absolute Gasteiger partial charge is 0.280 e. The highest BCUT2D eigenvalue weighted by Gasteiger charge is 2.13. The molecular weight excluding hydrogens is 304 g/mol. The lowest BCUT2D eigenvalue weighted by Gasteiger charge is -2.08. The highest BCUT2D eigenvalue weighted by molar-refractivity contribution is 7.99. The van der Waals surface area contributed by atoms with Crippen LogP contribution in [0.3, 0.4) is 0 Å². The average Bonchev–Trinajstić information content (AvgIpc) is 2.47. The van der Waals surface area contributed by atoms with Crippen LogP contribution < -0.4 is 4.72 Å². The Morgan fingerprint density at radius 3 is 2.29 bits per heavy atom. The Hall–Kier alpha value is -1.97. The maximum Gasteiger partial charge on any atom is 0.261 e. The average molecular weight is 318 g/mol. The van der Waals surface area contributed by atoms with Gasteiger partial charge in [0.2, 0.25) is 0 Å². The molecule has 0 aliphatic carbocycles. The lowest BCUT2D eigenvalue weighted by molar-refractivity contribution is 0.601. The number of aryl methyl sites for hydroxylation is 1. The number of nitriles is 1. The van der Waals surface area contributed by atoms with E-state index in [0.29, 0.717) is 11.4 Å². The van der Waals surface area contributed by atoms with Gasteiger partial charge >= 0.3 is 0 Å². The number of rotatable bonds is 5. The van der Waals surface area contributed by atoms with E-state index < -0.39 is 10.0 Å². The third-order valence-corrected chi connectivity index (χ3v) is 5.02. The summed E-state index contributed by atoms with van der Waals surface area (Å²) in [6, 6.07) is 15.7. The van der Waals surface area contributed by atoms with E-state index in [9.17, 15) is 8.42 Å². The molecule has 0 unspecified atom stereocenters. The summed E-state index contributed by atoms with van der Waals surface area (Å²) in [6.45, 7) is 1.90. The normalized spacial score (nSPS) is 10.9. The van der Waals surface area contributed by atoms with Crippen LogP contribution in [0.25, 0.3) is 0 Å². The van der Waals surface area contributed by atoms with Gasteiger partial charge in [-0.15, -0.1) is 11.8 Å². The summed E-state index contributed by atoms with van der Waals surface area (Å²) in [5, 5.41) is 8.52. The number of sulfonamides is 1. The van der Waals surface area contributed by atoms with Crippen molar-refractivity contribution < 1.29 is 8.42 Å². The quantitative estimate of drug-likeness (QED) is 0.858. The van der Waals surface area contributed by atoms with E-state index >= 15 is 0 Å². The SMILES string of the molecule is Cc1ccc(S(=O)(=O)Nc2ccc(SCC#N)cc2)cc1. The lowest BCUT2D eigenvalue weighted by Crippen LogP contribution is -2.12. The molecule has 0 saturated carbocycles. The second kappa shape index (κ2) is 6.66. The Bertz CT molecular complexity index is 746. The number of nitrogens with zero attached hydrogens (tertiary/aromatic N) is 1. The zero-order chi connectivity index (χ0) is 15.3. The zero-order valence-corrected chi connectivity index (χ0v) is 13.0. The molecule has 6 heteroatoms. The number of hydrogen-bond acceptors (Lipinski definition) is 4. The molecule has 0 atom stereocenters. The minimum absolute atomic E-state index is 0.232. The topological polar surface area (TPSA) is 70.0 Å². The fourth-order valence-electron chi connectivity index (χ4n) is 1.67. The fraction of sp³-hybridized carbons (Fsp3) is 0.133. The van der Waals surface area contributed by atoms with Crippen molar-refractivity contribution in [1.29, 1.82) is 5.26 Å². The summed E-state index contributed by atoms with van der Waals surface area (Å²) in [5.41, 5.74) is 1.50. The Morgan fingerprint density at radius 2 is 1.71 bits per heavy atom. The Balaban J connectivity index is 2.13. The van der Waals surface area contributed by atoms with Crippen LogP contribution in [-0.4, -0.2) is 14.2 Å². The Labute approximate surface area is 128 Å². The molecule has 0 spiro atoms. The molecule has 108 valence electrons. The predicted octanol–water partition coefficient (Wildman–Crippen LogP) is 3.41. The smallest absolute Gasteiger partial charge is 0.261 e. The van der Waals surface area contributed by atoms with Gasteiger partial charge in [-0.05, 0) is 43.3 Å². The van der Waals surface area contributed by atoms with Gasteiger partial charge in [-0.2, -0.15) is 5.26 Å². The van der Waals surface area contributed by atoms with Crippen LogP contribution in [0, 0.1) is 18.3 Å². The third kappa shape index (κ3) is 4.25. The van der Waals surface area contributed by atoms with Gasteiger partial charge in [0.1, 0.15) is 0 Å². The van der Waals surface area contributed by atoms with Gasteiger partial charge in [0.05, 0.1) is 16.7 Å². The monoisotopic (exact) mass is 318 g/mol. The molecule has 0 bridgehead atoms. The molecule has 0 aliphatic heterocycles. The first-order valence-corrected chi connectivity index (χ1v) is 8.67. The summed E-state index contributed by atoms with van der Waals surface area (Å²) >= 11 is 1.41. The van der Waals surface area contributed by atoms with Crippen molar-refractivity contribution in [3.05, 3.63) is 54.1 Å². The van der Waals surface area contributed by atoms with Crippen LogP contribution >= 0.6 is 11.8 Å². The number of nitrogens with one attached hydrogen (secondary N) is 1. The molecule has 2 aromatic rings. The van der Waals surface area contributed by atoms with E-state index in [1.165, 1.54) is 11.8 Å². The minimum Gasteiger partial charge on any atom is -0.280 e. The van der Waals surface area contributed by atoms with E-state index in [-0.39, 0.29) is 4.90 Å². The molecule has 0 heterocycles. The second-order valence-corrected chi connectivity index (χ2v) is 7.12. The summed E-state index contributed by atoms with van der Waals surface area (Å²) in [6.07, 6.45) is 0. The van der Waals surface area contributed by atoms with Crippen molar-refractivity contribution in [2.75, 3.05) is 10.5 Å². The van der Waals surface area contributed by atoms with Gasteiger partial charge in [-0.3, -0.25) is 4.72 Å². The van der Waals surface area contributed by atoms with Crippen LogP contribution in [0.15, 0.2) is 58.3 Å². The van der Waals surface area contributed by atoms with Gasteiger partial charge in [0, 0.05) is 10.6 Å². The van der Waals surface area contributed by atoms with Gasteiger partial charge in [-0.25, -0.2) is 8.42 Å². The minimum atomic E-state index is -3.57. The molecule has 0 aliphatic rings. The highest BCUT2D eigenvalue weighted by Crippen LogP contribution is 2.22. The molecule has 2 aromatic carbocycles. The first-order chi connectivity index (χ1) is 10.0. The Kier molecular flexibility index (Phi) is 4.89. The molecule has 1 N–H and O–H groups in total. The van der Waals surface area contributed by atoms with E-state index in [1.54, 1.807) is 48.5 Å². The third-order valence-electron chi connectivity index (χ3n) is 2.74. The first kappa shape index (κ1) is 15.4. The summed E-state index contributed by atoms with van der Waals surface area (Å²) in [7, 11) is -3.57. The highest BCUT2D eigenvalue weighted by atomic mass is 32.2. The van der Waals surface area contributed by atoms with Crippen LogP contribution in [0.5, 0.6) is 0 Å². The number of benzene rings is 2. The van der Waals surface area contributed by atoms with E-state index in [2.05, 4.69) is 4.72 Å². The first-order valence-electron chi connectivity index (χ1n) is 6.20. The van der Waals surface area contributed by atoms with E-state index in [0.717, 1.165) is 10.5 Å². The van der Waals surface area contributed by atoms with Gasteiger partial charge in [-0.1, -0.05) is 17.7 Å². The van der Waals surface area contributed by atoms with Crippen molar-refractivity contribution in [3.63, 3.8) is 0 Å². The molecule has 0 saturated heterocycles. The standard InChI is InChI=1S/C15H14N2O2S2/c1-12-2-8-15(9-3-12)21(18,19)17-13-4-6-14(7-5-13)20-11-10-16/h2-9,17H,11H2,1H3. The van der Waals surface area contributed by atoms with Gasteiger partial charge < -0.3 is 0 Å². The lowest BCUT2D eigenvalue weighted by atomic mass is 10.2. The number of hydrogen-bond donors (Lipinski definition) is 1. The fourth-order valence-corrected chi connectivity index (χ4v) is 3.28. The molecular formula is C15H14N2O2S2. The molecule has 0 aromatic heterocycles. The van der Waals surface area contributed by atoms with Gasteiger partial charge in [0.15, 0.2) is 0 Å². The van der Waals surface area contributed by atoms with Crippen molar-refractivity contribution >= 4 is 27.5 Å². The van der Waals surface area contributed by atoms with Crippen LogP contribution in [0.1, 0.15) is 5.56 Å². The number of anilines is 1. The van der Waals surface area contributed by atoms with Gasteiger partial charge in [0.25, 0.3) is 10.0 Å². The number of thioether (sulfide) groups is 1. The Morgan fingerprint density at radius 1 is 1.10 bits per heavy atom. The van der Waals surface area contributed by atoms with Crippen LogP contribution in [-0.2, 0) is 10.0 Å². The van der Waals surface area contributed by atoms with Crippen molar-refractivity contribution in [3.8, 4) is 6.07 Å². The van der Waals surface area contributed by atoms with E-state index in [1.807, 2.05) is 13.0 Å². The van der Waals surface area contributed by atoms with Crippen LogP contribution in [0.2, 0.25) is 0 Å². The predicted molar refractivity (Wildman–Crippen MR) is 84.8 cm³/mol. The van der Waals surface area contributed by atoms with Crippen molar-refractivity contribution in [1.82, 2.24) is 0 Å². The summed E-state index contributed by atoms with van der Waals surface area (Å²) in [5.74, 6) is 0.369. The maximum absolute atomic E-state index is 12.2. The molecule has 0 fully saturated rings. The van der Waals surface area contributed by atoms with E-state index in [4.69, 9.17) is 5.26 Å². The molecule has 4 nitrogen and oxygen atoms in total. The molecule has 2 rings (SSSR count). The van der Waals surface area contributed by atoms with Crippen molar-refractivity contribution in [2.24, 2.45) is 0 Å². The molecule has 0 amide bonds. The molecule has 21 heavy (non-hydrogen) atoms. The van der Waals surface area contributed by atoms with Crippen LogP contribution in [0.4, 0.5) is 5.69 Å². The van der Waals surface area contributed by atoms with Crippen molar-refractivity contribution in [2.45, 2.75) is 16.7 Å². The maximum atomic E-state index is 12.2. The second-order valence-electron chi connectivity index (χ2n) is 4.39.